The number of carbonyl (C=O) groups is 1. The molecular formula is C15H16F3N3O3S. The summed E-state index contributed by atoms with van der Waals surface area (Å²) < 4.78 is 66.7. The fourth-order valence-corrected chi connectivity index (χ4v) is 4.37. The Kier molecular flexibility index (Phi) is 4.28. The average molecular weight is 375 g/mol. The van der Waals surface area contributed by atoms with Crippen LogP contribution in [0.1, 0.15) is 12.0 Å². The average Bonchev–Trinajstić information content (AvgIpc) is 2.57. The predicted octanol–water partition coefficient (Wildman–Crippen LogP) is 1.99. The third-order valence-corrected chi connectivity index (χ3v) is 6.08. The van der Waals surface area contributed by atoms with Gasteiger partial charge in [0.05, 0.1) is 16.9 Å². The summed E-state index contributed by atoms with van der Waals surface area (Å²) in [6.07, 6.45) is -0.490. The number of halogens is 3. The van der Waals surface area contributed by atoms with Crippen molar-refractivity contribution in [2.75, 3.05) is 35.9 Å². The highest BCUT2D eigenvalue weighted by Gasteiger charge is 2.39. The first-order valence-electron chi connectivity index (χ1n) is 7.53. The van der Waals surface area contributed by atoms with Gasteiger partial charge >= 0.3 is 16.4 Å². The third-order valence-electron chi connectivity index (χ3n) is 4.21. The molecule has 3 rings (SSSR count). The van der Waals surface area contributed by atoms with Gasteiger partial charge in [-0.1, -0.05) is 12.2 Å². The molecule has 25 heavy (non-hydrogen) atoms. The molecule has 0 unspecified atom stereocenters. The monoisotopic (exact) mass is 375 g/mol. The van der Waals surface area contributed by atoms with E-state index in [4.69, 9.17) is 0 Å². The van der Waals surface area contributed by atoms with Crippen LogP contribution in [0.4, 0.5) is 24.5 Å². The van der Waals surface area contributed by atoms with Crippen molar-refractivity contribution in [1.82, 2.24) is 4.31 Å². The molecule has 0 N–H and O–H groups in total. The molecule has 0 radical (unpaired) electrons. The van der Waals surface area contributed by atoms with E-state index in [1.165, 1.54) is 11.4 Å². The van der Waals surface area contributed by atoms with E-state index in [2.05, 4.69) is 0 Å². The minimum Gasteiger partial charge on any atom is -0.312 e. The van der Waals surface area contributed by atoms with Gasteiger partial charge in [0.25, 0.3) is 0 Å². The van der Waals surface area contributed by atoms with Gasteiger partial charge in [0.15, 0.2) is 0 Å². The predicted molar refractivity (Wildman–Crippen MR) is 86.4 cm³/mol. The Labute approximate surface area is 143 Å². The van der Waals surface area contributed by atoms with Crippen LogP contribution in [-0.4, -0.2) is 45.3 Å². The molecule has 1 aromatic carbocycles. The molecule has 6 nitrogen and oxygen atoms in total. The number of fused-ring (bicyclic) bond motifs is 1. The molecule has 0 saturated heterocycles. The maximum atomic E-state index is 13.0. The topological polar surface area (TPSA) is 60.9 Å². The van der Waals surface area contributed by atoms with Gasteiger partial charge in [-0.05, 0) is 24.6 Å². The van der Waals surface area contributed by atoms with Crippen LogP contribution < -0.4 is 9.21 Å². The minimum atomic E-state index is -4.59. The number of amides is 1. The smallest absolute Gasteiger partial charge is 0.312 e. The SMILES string of the molecule is CN1C(=O)CN(S(=O)(=O)N2CC=CCC2)c2ccc(C(F)(F)F)cc21. The van der Waals surface area contributed by atoms with E-state index >= 15 is 0 Å². The first-order valence-corrected chi connectivity index (χ1v) is 8.92. The van der Waals surface area contributed by atoms with E-state index in [9.17, 15) is 26.4 Å². The highest BCUT2D eigenvalue weighted by Crippen LogP contribution is 2.40. The molecule has 0 saturated carbocycles. The maximum absolute atomic E-state index is 13.0. The summed E-state index contributed by atoms with van der Waals surface area (Å²) in [7, 11) is -2.69. The Morgan fingerprint density at radius 2 is 1.84 bits per heavy atom. The lowest BCUT2D eigenvalue weighted by Crippen LogP contribution is -2.52. The van der Waals surface area contributed by atoms with Gasteiger partial charge in [-0.15, -0.1) is 0 Å². The van der Waals surface area contributed by atoms with Crippen LogP contribution in [-0.2, 0) is 21.2 Å². The number of hydrogen-bond acceptors (Lipinski definition) is 3. The van der Waals surface area contributed by atoms with Crippen LogP contribution in [0.2, 0.25) is 0 Å². The molecule has 0 spiro atoms. The Morgan fingerprint density at radius 1 is 1.12 bits per heavy atom. The molecule has 0 atom stereocenters. The van der Waals surface area contributed by atoms with Gasteiger partial charge in [0.2, 0.25) is 5.91 Å². The lowest BCUT2D eigenvalue weighted by Gasteiger charge is -2.38. The first kappa shape index (κ1) is 17.7. The van der Waals surface area contributed by atoms with Gasteiger partial charge in [0, 0.05) is 20.1 Å². The summed E-state index contributed by atoms with van der Waals surface area (Å²) in [6, 6.07) is 2.71. The zero-order valence-electron chi connectivity index (χ0n) is 13.3. The van der Waals surface area contributed by atoms with E-state index in [1.54, 1.807) is 6.08 Å². The summed E-state index contributed by atoms with van der Waals surface area (Å²) in [4.78, 5) is 13.2. The van der Waals surface area contributed by atoms with Crippen molar-refractivity contribution in [2.45, 2.75) is 12.6 Å². The number of rotatable bonds is 2. The van der Waals surface area contributed by atoms with E-state index in [0.29, 0.717) is 6.42 Å². The van der Waals surface area contributed by atoms with Crippen LogP contribution in [0.3, 0.4) is 0 Å². The van der Waals surface area contributed by atoms with E-state index in [1.807, 2.05) is 6.08 Å². The molecule has 0 aromatic heterocycles. The number of benzene rings is 1. The number of hydrogen-bond donors (Lipinski definition) is 0. The maximum Gasteiger partial charge on any atom is 0.416 e. The quantitative estimate of drug-likeness (QED) is 0.743. The fraction of sp³-hybridized carbons (Fsp3) is 0.400. The molecular weight excluding hydrogens is 359 g/mol. The van der Waals surface area contributed by atoms with Crippen LogP contribution in [0.5, 0.6) is 0 Å². The summed E-state index contributed by atoms with van der Waals surface area (Å²) in [5.74, 6) is -0.594. The van der Waals surface area contributed by atoms with Crippen LogP contribution in [0, 0.1) is 0 Å². The Morgan fingerprint density at radius 3 is 2.44 bits per heavy atom. The number of nitrogens with zero attached hydrogens (tertiary/aromatic N) is 3. The van der Waals surface area contributed by atoms with Gasteiger partial charge in [-0.25, -0.2) is 4.31 Å². The second-order valence-corrected chi connectivity index (χ2v) is 7.64. The van der Waals surface area contributed by atoms with Gasteiger partial charge in [-0.3, -0.25) is 4.79 Å². The van der Waals surface area contributed by atoms with Crippen molar-refractivity contribution < 1.29 is 26.4 Å². The molecule has 1 aromatic rings. The minimum absolute atomic E-state index is 0.0599. The Bertz CT molecular complexity index is 836. The fourth-order valence-electron chi connectivity index (χ4n) is 2.80. The lowest BCUT2D eigenvalue weighted by molar-refractivity contribution is -0.137. The standard InChI is InChI=1S/C15H16F3N3O3S/c1-19-13-9-11(15(16,17)18)5-6-12(13)21(10-14(19)22)25(23,24)20-7-3-2-4-8-20/h2-3,5-6,9H,4,7-8,10H2,1H3. The second kappa shape index (κ2) is 6.03. The highest BCUT2D eigenvalue weighted by molar-refractivity contribution is 7.90. The lowest BCUT2D eigenvalue weighted by atomic mass is 10.1. The third kappa shape index (κ3) is 3.11. The number of carbonyl (C=O) groups excluding carboxylic acids is 1. The van der Waals surface area contributed by atoms with Crippen molar-refractivity contribution in [3.8, 4) is 0 Å². The molecule has 10 heteroatoms. The summed E-state index contributed by atoms with van der Waals surface area (Å²) in [5.41, 5.74) is -0.960. The van der Waals surface area contributed by atoms with Gasteiger partial charge in [-0.2, -0.15) is 25.9 Å². The van der Waals surface area contributed by atoms with Crippen molar-refractivity contribution >= 4 is 27.5 Å². The van der Waals surface area contributed by atoms with Gasteiger partial charge in [0.1, 0.15) is 6.54 Å². The zero-order valence-corrected chi connectivity index (χ0v) is 14.1. The van der Waals surface area contributed by atoms with Crippen LogP contribution in [0.15, 0.2) is 30.4 Å². The molecule has 2 heterocycles. The normalized spacial score (nSPS) is 19.3. The van der Waals surface area contributed by atoms with Crippen molar-refractivity contribution in [2.24, 2.45) is 0 Å². The van der Waals surface area contributed by atoms with E-state index < -0.39 is 34.4 Å². The highest BCUT2D eigenvalue weighted by atomic mass is 32.2. The molecule has 1 amide bonds. The van der Waals surface area contributed by atoms with Crippen molar-refractivity contribution in [3.63, 3.8) is 0 Å². The zero-order chi connectivity index (χ0) is 18.4. The van der Waals surface area contributed by atoms with Gasteiger partial charge < -0.3 is 4.90 Å². The van der Waals surface area contributed by atoms with Crippen LogP contribution in [0.25, 0.3) is 0 Å². The summed E-state index contributed by atoms with van der Waals surface area (Å²) in [5, 5.41) is 0. The van der Waals surface area contributed by atoms with Crippen LogP contribution >= 0.6 is 0 Å². The summed E-state index contributed by atoms with van der Waals surface area (Å²) in [6.45, 7) is -0.0222. The molecule has 2 aliphatic heterocycles. The largest absolute Gasteiger partial charge is 0.416 e. The molecule has 0 bridgehead atoms. The Balaban J connectivity index is 2.08. The molecule has 2 aliphatic rings. The Hall–Kier alpha value is -2.07. The first-order chi connectivity index (χ1) is 11.6. The summed E-state index contributed by atoms with van der Waals surface area (Å²) >= 11 is 0. The molecule has 0 aliphatic carbocycles. The van der Waals surface area contributed by atoms with E-state index in [0.717, 1.165) is 27.4 Å². The molecule has 0 fully saturated rings. The van der Waals surface area contributed by atoms with E-state index in [-0.39, 0.29) is 24.5 Å². The van der Waals surface area contributed by atoms with Crippen molar-refractivity contribution in [3.05, 3.63) is 35.9 Å². The number of anilines is 2. The second-order valence-electron chi connectivity index (χ2n) is 5.79. The van der Waals surface area contributed by atoms with Crippen molar-refractivity contribution in [1.29, 1.82) is 0 Å². The molecule has 136 valence electrons. The number of likely N-dealkylation sites (N-methyl/N-ethyl adjacent to an activating group) is 1. The number of alkyl halides is 3.